The molecule has 1 aliphatic rings. The van der Waals surface area contributed by atoms with Gasteiger partial charge in [0, 0.05) is 17.8 Å². The van der Waals surface area contributed by atoms with E-state index in [0.717, 1.165) is 48.1 Å². The molecule has 3 aromatic rings. The van der Waals surface area contributed by atoms with Crippen molar-refractivity contribution in [3.8, 4) is 0 Å². The van der Waals surface area contributed by atoms with Crippen LogP contribution in [0.3, 0.4) is 0 Å². The molecular formula is C20H24N4O2S2. The minimum atomic E-state index is 0.0386. The lowest BCUT2D eigenvalue weighted by Crippen LogP contribution is -2.23. The molecule has 1 atom stereocenters. The zero-order valence-electron chi connectivity index (χ0n) is 16.2. The van der Waals surface area contributed by atoms with Gasteiger partial charge in [0.1, 0.15) is 4.83 Å². The number of thiophene rings is 1. The summed E-state index contributed by atoms with van der Waals surface area (Å²) in [5, 5.41) is 5.48. The molecular weight excluding hydrogens is 392 g/mol. The molecule has 0 amide bonds. The van der Waals surface area contributed by atoms with E-state index in [0.29, 0.717) is 29.3 Å². The van der Waals surface area contributed by atoms with Gasteiger partial charge in [-0.3, -0.25) is 9.36 Å². The van der Waals surface area contributed by atoms with Crippen molar-refractivity contribution in [1.29, 1.82) is 0 Å². The molecule has 1 aliphatic carbocycles. The Morgan fingerprint density at radius 1 is 1.43 bits per heavy atom. The number of rotatable bonds is 7. The molecule has 0 bridgehead atoms. The second-order valence-corrected chi connectivity index (χ2v) is 9.30. The molecule has 6 nitrogen and oxygen atoms in total. The van der Waals surface area contributed by atoms with Crippen LogP contribution in [0.2, 0.25) is 0 Å². The highest BCUT2D eigenvalue weighted by Gasteiger charge is 2.24. The van der Waals surface area contributed by atoms with E-state index in [4.69, 9.17) is 9.51 Å². The fourth-order valence-electron chi connectivity index (χ4n) is 3.61. The van der Waals surface area contributed by atoms with E-state index < -0.39 is 0 Å². The summed E-state index contributed by atoms with van der Waals surface area (Å²) in [5.74, 6) is 2.45. The van der Waals surface area contributed by atoms with E-state index in [1.54, 1.807) is 22.0 Å². The maximum atomic E-state index is 13.3. The van der Waals surface area contributed by atoms with Crippen LogP contribution >= 0.6 is 23.1 Å². The monoisotopic (exact) mass is 416 g/mol. The normalized spacial score (nSPS) is 16.4. The number of nitrogens with zero attached hydrogens (tertiary/aromatic N) is 4. The van der Waals surface area contributed by atoms with Crippen LogP contribution in [0.5, 0.6) is 0 Å². The third-order valence-electron chi connectivity index (χ3n) is 5.00. The number of aromatic nitrogens is 4. The van der Waals surface area contributed by atoms with Crippen LogP contribution in [-0.2, 0) is 31.6 Å². The molecule has 8 heteroatoms. The Labute approximate surface area is 172 Å². The van der Waals surface area contributed by atoms with Gasteiger partial charge in [-0.05, 0) is 37.2 Å². The van der Waals surface area contributed by atoms with Crippen molar-refractivity contribution in [2.45, 2.75) is 63.4 Å². The molecule has 148 valence electrons. The third-order valence-corrected chi connectivity index (χ3v) is 7.11. The van der Waals surface area contributed by atoms with Crippen molar-refractivity contribution >= 4 is 33.3 Å². The van der Waals surface area contributed by atoms with Gasteiger partial charge in [0.05, 0.1) is 11.1 Å². The highest BCUT2D eigenvalue weighted by Crippen LogP contribution is 2.36. The zero-order chi connectivity index (χ0) is 19.7. The van der Waals surface area contributed by atoms with Crippen molar-refractivity contribution in [2.75, 3.05) is 0 Å². The molecule has 0 radical (unpaired) electrons. The van der Waals surface area contributed by atoms with Crippen molar-refractivity contribution in [1.82, 2.24) is 19.7 Å². The predicted octanol–water partition coefficient (Wildman–Crippen LogP) is 4.40. The first-order chi connectivity index (χ1) is 13.6. The van der Waals surface area contributed by atoms with E-state index >= 15 is 0 Å². The average molecular weight is 417 g/mol. The van der Waals surface area contributed by atoms with E-state index in [1.807, 2.05) is 0 Å². The predicted molar refractivity (Wildman–Crippen MR) is 113 cm³/mol. The van der Waals surface area contributed by atoms with Crippen molar-refractivity contribution in [3.63, 3.8) is 0 Å². The van der Waals surface area contributed by atoms with Crippen LogP contribution < -0.4 is 5.56 Å². The van der Waals surface area contributed by atoms with Crippen LogP contribution in [0.15, 0.2) is 27.1 Å². The van der Waals surface area contributed by atoms with Gasteiger partial charge in [0.2, 0.25) is 5.89 Å². The Hall–Kier alpha value is -1.93. The standard InChI is InChI=1S/C20H24N4O2S2/c1-4-6-15-21-16(26-23-15)11-27-20-22-18-17(19(25)24(20)9-5-2)13-8-7-12(3)10-14(13)28-18/h5,12H,2,4,6-11H2,1,3H3. The molecule has 1 unspecified atom stereocenters. The number of aryl methyl sites for hydroxylation is 2. The molecule has 3 aromatic heterocycles. The topological polar surface area (TPSA) is 73.8 Å². The first-order valence-electron chi connectivity index (χ1n) is 9.71. The summed E-state index contributed by atoms with van der Waals surface area (Å²) < 4.78 is 7.04. The maximum absolute atomic E-state index is 13.3. The van der Waals surface area contributed by atoms with Gasteiger partial charge in [0.25, 0.3) is 5.56 Å². The van der Waals surface area contributed by atoms with Gasteiger partial charge in [-0.2, -0.15) is 4.98 Å². The zero-order valence-corrected chi connectivity index (χ0v) is 17.9. The first-order valence-corrected chi connectivity index (χ1v) is 11.5. The highest BCUT2D eigenvalue weighted by atomic mass is 32.2. The van der Waals surface area contributed by atoms with Gasteiger partial charge >= 0.3 is 0 Å². The van der Waals surface area contributed by atoms with Gasteiger partial charge in [0.15, 0.2) is 11.0 Å². The Balaban J connectivity index is 1.69. The summed E-state index contributed by atoms with van der Waals surface area (Å²) in [5.41, 5.74) is 1.25. The number of allylic oxidation sites excluding steroid dienone is 1. The van der Waals surface area contributed by atoms with Crippen LogP contribution in [-0.4, -0.2) is 19.7 Å². The lowest BCUT2D eigenvalue weighted by molar-refractivity contribution is 0.384. The first kappa shape index (κ1) is 19.4. The maximum Gasteiger partial charge on any atom is 0.263 e. The summed E-state index contributed by atoms with van der Waals surface area (Å²) in [7, 11) is 0. The summed E-state index contributed by atoms with van der Waals surface area (Å²) in [6.07, 6.45) is 6.67. The quantitative estimate of drug-likeness (QED) is 0.323. The van der Waals surface area contributed by atoms with E-state index in [9.17, 15) is 4.79 Å². The molecule has 4 rings (SSSR count). The molecule has 0 aliphatic heterocycles. The lowest BCUT2D eigenvalue weighted by Gasteiger charge is -2.17. The Kier molecular flexibility index (Phi) is 5.68. The van der Waals surface area contributed by atoms with Crippen LogP contribution in [0.25, 0.3) is 10.2 Å². The molecule has 0 spiro atoms. The van der Waals surface area contributed by atoms with E-state index in [1.165, 1.54) is 22.2 Å². The fourth-order valence-corrected chi connectivity index (χ4v) is 5.88. The molecule has 3 heterocycles. The van der Waals surface area contributed by atoms with Gasteiger partial charge in [-0.25, -0.2) is 4.98 Å². The van der Waals surface area contributed by atoms with E-state index in [-0.39, 0.29) is 5.56 Å². The van der Waals surface area contributed by atoms with Crippen molar-refractivity contribution < 1.29 is 4.52 Å². The number of thioether (sulfide) groups is 1. The number of hydrogen-bond donors (Lipinski definition) is 0. The van der Waals surface area contributed by atoms with Crippen molar-refractivity contribution in [3.05, 3.63) is 45.2 Å². The number of hydrogen-bond acceptors (Lipinski definition) is 7. The minimum absolute atomic E-state index is 0.0386. The number of fused-ring (bicyclic) bond motifs is 3. The summed E-state index contributed by atoms with van der Waals surface area (Å²) in [4.78, 5) is 24.7. The Bertz CT molecular complexity index is 1070. The fraction of sp³-hybridized carbons (Fsp3) is 0.500. The van der Waals surface area contributed by atoms with Gasteiger partial charge in [-0.1, -0.05) is 36.8 Å². The minimum Gasteiger partial charge on any atom is -0.338 e. The highest BCUT2D eigenvalue weighted by molar-refractivity contribution is 7.98. The van der Waals surface area contributed by atoms with Gasteiger partial charge in [-0.15, -0.1) is 17.9 Å². The smallest absolute Gasteiger partial charge is 0.263 e. The lowest BCUT2D eigenvalue weighted by atomic mass is 9.89. The third kappa shape index (κ3) is 3.67. The van der Waals surface area contributed by atoms with Crippen molar-refractivity contribution in [2.24, 2.45) is 5.92 Å². The molecule has 0 N–H and O–H groups in total. The summed E-state index contributed by atoms with van der Waals surface area (Å²) in [6, 6.07) is 0. The molecule has 0 aromatic carbocycles. The molecule has 0 saturated carbocycles. The van der Waals surface area contributed by atoms with Crippen LogP contribution in [0, 0.1) is 5.92 Å². The largest absolute Gasteiger partial charge is 0.338 e. The Morgan fingerprint density at radius 2 is 2.29 bits per heavy atom. The van der Waals surface area contributed by atoms with E-state index in [2.05, 4.69) is 30.6 Å². The molecule has 28 heavy (non-hydrogen) atoms. The SMILES string of the molecule is C=CCn1c(SCc2nc(CCC)no2)nc2sc3c(c2c1=O)CCC(C)C3. The second-order valence-electron chi connectivity index (χ2n) is 7.27. The van der Waals surface area contributed by atoms with Crippen LogP contribution in [0.1, 0.15) is 48.8 Å². The van der Waals surface area contributed by atoms with Gasteiger partial charge < -0.3 is 4.52 Å². The Morgan fingerprint density at radius 3 is 3.07 bits per heavy atom. The second kappa shape index (κ2) is 8.21. The summed E-state index contributed by atoms with van der Waals surface area (Å²) in [6.45, 7) is 8.61. The molecule has 0 saturated heterocycles. The van der Waals surface area contributed by atoms with Crippen LogP contribution in [0.4, 0.5) is 0 Å². The average Bonchev–Trinajstić information content (AvgIpc) is 3.26. The summed E-state index contributed by atoms with van der Waals surface area (Å²) >= 11 is 3.14. The molecule has 0 fully saturated rings.